The van der Waals surface area contributed by atoms with Crippen molar-refractivity contribution in [3.8, 4) is 0 Å². The molecule has 0 unspecified atom stereocenters. The predicted molar refractivity (Wildman–Crippen MR) is 98.4 cm³/mol. The molecule has 0 radical (unpaired) electrons. The summed E-state index contributed by atoms with van der Waals surface area (Å²) >= 11 is 16.9. The molecule has 10 heteroatoms. The molecule has 0 aliphatic heterocycles. The van der Waals surface area contributed by atoms with Crippen molar-refractivity contribution in [2.75, 3.05) is 5.73 Å². The summed E-state index contributed by atoms with van der Waals surface area (Å²) in [6, 6.07) is 8.10. The number of nitrogens with zero attached hydrogens (tertiary/aromatic N) is 4. The van der Waals surface area contributed by atoms with Gasteiger partial charge in [-0.1, -0.05) is 34.8 Å². The molecule has 0 amide bonds. The Kier molecular flexibility index (Phi) is 5.31. The minimum Gasteiger partial charge on any atom is -0.381 e. The highest BCUT2D eigenvalue weighted by atomic mass is 35.5. The smallest absolute Gasteiger partial charge is 0.171 e. The molecule has 0 bridgehead atoms. The van der Waals surface area contributed by atoms with Crippen molar-refractivity contribution in [3.05, 3.63) is 63.5 Å². The average molecular weight is 415 g/mol. The third-order valence-electron chi connectivity index (χ3n) is 3.15. The Morgan fingerprint density at radius 3 is 1.58 bits per heavy atom. The molecule has 0 aliphatic carbocycles. The average Bonchev–Trinajstić information content (AvgIpc) is 2.58. The topological polar surface area (TPSA) is 77.6 Å². The lowest BCUT2D eigenvalue weighted by Gasteiger charge is -1.99. The van der Waals surface area contributed by atoms with Gasteiger partial charge in [0.25, 0.3) is 0 Å². The Bertz CT molecular complexity index is 1030. The van der Waals surface area contributed by atoms with E-state index in [0.717, 1.165) is 0 Å². The fourth-order valence-corrected chi connectivity index (χ4v) is 2.40. The first-order valence-electron chi connectivity index (χ1n) is 7.00. The summed E-state index contributed by atoms with van der Waals surface area (Å²) in [4.78, 5) is 15.6. The van der Waals surface area contributed by atoms with Crippen LogP contribution in [0.4, 0.5) is 14.6 Å². The molecule has 132 valence electrons. The molecule has 5 nitrogen and oxygen atoms in total. The third-order valence-corrected chi connectivity index (χ3v) is 4.06. The molecule has 26 heavy (non-hydrogen) atoms. The van der Waals surface area contributed by atoms with Crippen molar-refractivity contribution in [2.24, 2.45) is 0 Å². The molecule has 4 rings (SSSR count). The van der Waals surface area contributed by atoms with Gasteiger partial charge in [0.05, 0.1) is 22.1 Å². The second kappa shape index (κ2) is 7.49. The van der Waals surface area contributed by atoms with E-state index in [9.17, 15) is 8.78 Å². The Morgan fingerprint density at radius 1 is 0.615 bits per heavy atom. The lowest BCUT2D eigenvalue weighted by atomic mass is 10.3. The maximum absolute atomic E-state index is 12.7. The molecule has 2 aromatic heterocycles. The van der Waals surface area contributed by atoms with Crippen LogP contribution in [-0.2, 0) is 0 Å². The number of aromatic nitrogens is 4. The van der Waals surface area contributed by atoms with Gasteiger partial charge in [-0.15, -0.1) is 0 Å². The van der Waals surface area contributed by atoms with Gasteiger partial charge in [-0.3, -0.25) is 0 Å². The summed E-state index contributed by atoms with van der Waals surface area (Å²) < 4.78 is 25.5. The van der Waals surface area contributed by atoms with Gasteiger partial charge in [0.2, 0.25) is 0 Å². The highest BCUT2D eigenvalue weighted by Gasteiger charge is 2.05. The first-order valence-corrected chi connectivity index (χ1v) is 8.13. The van der Waals surface area contributed by atoms with Crippen LogP contribution in [0, 0.1) is 11.6 Å². The highest BCUT2D eigenvalue weighted by molar-refractivity contribution is 6.40. The van der Waals surface area contributed by atoms with Crippen LogP contribution in [-0.4, -0.2) is 19.9 Å². The van der Waals surface area contributed by atoms with Crippen LogP contribution >= 0.6 is 34.8 Å². The zero-order valence-corrected chi connectivity index (χ0v) is 15.0. The number of hydrogen-bond donors (Lipinski definition) is 1. The van der Waals surface area contributed by atoms with E-state index in [1.54, 1.807) is 0 Å². The summed E-state index contributed by atoms with van der Waals surface area (Å²) in [6.45, 7) is 0. The molecule has 0 atom stereocenters. The quantitative estimate of drug-likeness (QED) is 0.434. The van der Waals surface area contributed by atoms with E-state index in [1.165, 1.54) is 36.4 Å². The van der Waals surface area contributed by atoms with Gasteiger partial charge in [-0.05, 0) is 24.3 Å². The van der Waals surface area contributed by atoms with E-state index in [4.69, 9.17) is 40.5 Å². The first-order chi connectivity index (χ1) is 12.3. The first kappa shape index (κ1) is 18.4. The van der Waals surface area contributed by atoms with Crippen molar-refractivity contribution in [2.45, 2.75) is 0 Å². The number of rotatable bonds is 0. The van der Waals surface area contributed by atoms with Gasteiger partial charge in [0.15, 0.2) is 21.3 Å². The van der Waals surface area contributed by atoms with E-state index in [-0.39, 0.29) is 32.9 Å². The molecule has 2 aromatic carbocycles. The van der Waals surface area contributed by atoms with Crippen LogP contribution < -0.4 is 5.73 Å². The third kappa shape index (κ3) is 4.07. The second-order valence-corrected chi connectivity index (χ2v) is 6.04. The van der Waals surface area contributed by atoms with Crippen LogP contribution in [0.5, 0.6) is 0 Å². The lowest BCUT2D eigenvalue weighted by molar-refractivity contribution is 0.629. The zero-order valence-electron chi connectivity index (χ0n) is 12.7. The van der Waals surface area contributed by atoms with Crippen molar-refractivity contribution in [1.29, 1.82) is 0 Å². The van der Waals surface area contributed by atoms with Crippen LogP contribution in [0.3, 0.4) is 0 Å². The summed E-state index contributed by atoms with van der Waals surface area (Å²) in [5, 5.41) is 0.347. The van der Waals surface area contributed by atoms with Crippen LogP contribution in [0.2, 0.25) is 15.5 Å². The molecule has 0 saturated heterocycles. The molecule has 0 saturated carbocycles. The Labute approximate surface area is 160 Å². The maximum Gasteiger partial charge on any atom is 0.171 e. The van der Waals surface area contributed by atoms with Gasteiger partial charge >= 0.3 is 0 Å². The van der Waals surface area contributed by atoms with Gasteiger partial charge in [0.1, 0.15) is 11.6 Å². The van der Waals surface area contributed by atoms with Crippen molar-refractivity contribution in [3.63, 3.8) is 0 Å². The van der Waals surface area contributed by atoms with Crippen LogP contribution in [0.25, 0.3) is 22.1 Å². The van der Waals surface area contributed by atoms with E-state index in [0.29, 0.717) is 22.1 Å². The summed E-state index contributed by atoms with van der Waals surface area (Å²) in [7, 11) is 0. The van der Waals surface area contributed by atoms with Gasteiger partial charge in [-0.2, -0.15) is 0 Å². The number of nitrogen functional groups attached to an aromatic ring is 1. The van der Waals surface area contributed by atoms with E-state index in [1.807, 2.05) is 0 Å². The molecular weight excluding hydrogens is 407 g/mol. The van der Waals surface area contributed by atoms with Gasteiger partial charge < -0.3 is 5.73 Å². The molecule has 2 heterocycles. The van der Waals surface area contributed by atoms with E-state index < -0.39 is 0 Å². The zero-order chi connectivity index (χ0) is 18.8. The summed E-state index contributed by atoms with van der Waals surface area (Å²) in [5.74, 6) is -0.636. The highest BCUT2D eigenvalue weighted by Crippen LogP contribution is 2.21. The van der Waals surface area contributed by atoms with E-state index in [2.05, 4.69) is 19.9 Å². The van der Waals surface area contributed by atoms with Gasteiger partial charge in [0, 0.05) is 12.1 Å². The maximum atomic E-state index is 12.7. The molecule has 0 aliphatic rings. The predicted octanol–water partition coefficient (Wildman–Crippen LogP) is 5.08. The standard InChI is InChI=1S/C8H3Cl2FN2.C8H5ClFN3/c9-7-8(10)13-6-3-4(11)1-2-5(6)12-7;9-7-8(11)13-6-3-4(10)1-2-5(6)12-7/h1-3H;1-3H,(H2,11,13). The van der Waals surface area contributed by atoms with Crippen molar-refractivity contribution >= 4 is 62.7 Å². The Morgan fingerprint density at radius 2 is 1.04 bits per heavy atom. The largest absolute Gasteiger partial charge is 0.381 e. The van der Waals surface area contributed by atoms with Crippen molar-refractivity contribution in [1.82, 2.24) is 19.9 Å². The lowest BCUT2D eigenvalue weighted by Crippen LogP contribution is -1.95. The van der Waals surface area contributed by atoms with Crippen LogP contribution in [0.1, 0.15) is 0 Å². The minimum absolute atomic E-state index is 0.0831. The fourth-order valence-electron chi connectivity index (χ4n) is 2.00. The molecule has 0 spiro atoms. The molecule has 4 aromatic rings. The Balaban J connectivity index is 0.000000151. The molecule has 2 N–H and O–H groups in total. The minimum atomic E-state index is -0.375. The number of halogens is 5. The number of anilines is 1. The summed E-state index contributed by atoms with van der Waals surface area (Å²) in [5.41, 5.74) is 7.26. The molecule has 0 fully saturated rings. The number of hydrogen-bond acceptors (Lipinski definition) is 5. The second-order valence-electron chi connectivity index (χ2n) is 4.97. The molecular formula is C16H8Cl3F2N5. The van der Waals surface area contributed by atoms with E-state index >= 15 is 0 Å². The fraction of sp³-hybridized carbons (Fsp3) is 0. The number of nitrogens with two attached hydrogens (primary N) is 1. The monoisotopic (exact) mass is 413 g/mol. The SMILES string of the molecule is Fc1ccc2nc(Cl)c(Cl)nc2c1.Nc1nc2cc(F)ccc2nc1Cl. The normalized spacial score (nSPS) is 10.7. The number of fused-ring (bicyclic) bond motifs is 2. The van der Waals surface area contributed by atoms with Gasteiger partial charge in [-0.25, -0.2) is 28.7 Å². The summed E-state index contributed by atoms with van der Waals surface area (Å²) in [6.07, 6.45) is 0. The van der Waals surface area contributed by atoms with Crippen LogP contribution in [0.15, 0.2) is 36.4 Å². The Hall–Kier alpha value is -2.35. The number of benzene rings is 2. The van der Waals surface area contributed by atoms with Crippen molar-refractivity contribution < 1.29 is 8.78 Å².